The van der Waals surface area contributed by atoms with E-state index in [2.05, 4.69) is 158 Å². The van der Waals surface area contributed by atoms with E-state index in [1.54, 1.807) is 0 Å². The van der Waals surface area contributed by atoms with Crippen molar-refractivity contribution in [3.63, 3.8) is 0 Å². The molecule has 1 aliphatic carbocycles. The Hall–Kier alpha value is -6.91. The Bertz CT molecular complexity index is 3080. The van der Waals surface area contributed by atoms with Crippen LogP contribution in [0.4, 0.5) is 17.1 Å². The van der Waals surface area contributed by atoms with E-state index in [0.29, 0.717) is 5.89 Å². The van der Waals surface area contributed by atoms with Crippen molar-refractivity contribution in [3.8, 4) is 33.7 Å². The fourth-order valence-corrected chi connectivity index (χ4v) is 8.69. The van der Waals surface area contributed by atoms with Gasteiger partial charge in [-0.25, -0.2) is 4.98 Å². The average molecular weight is 695 g/mol. The van der Waals surface area contributed by atoms with Crippen LogP contribution in [0.25, 0.3) is 77.5 Å². The van der Waals surface area contributed by atoms with Gasteiger partial charge in [0.05, 0.1) is 5.69 Å². The van der Waals surface area contributed by atoms with Gasteiger partial charge in [0.25, 0.3) is 0 Å². The Balaban J connectivity index is 1.10. The predicted octanol–water partition coefficient (Wildman–Crippen LogP) is 14.0. The molecule has 0 radical (unpaired) electrons. The van der Waals surface area contributed by atoms with E-state index in [-0.39, 0.29) is 5.41 Å². The molecule has 8 aromatic carbocycles. The van der Waals surface area contributed by atoms with Crippen molar-refractivity contribution < 1.29 is 8.83 Å². The van der Waals surface area contributed by atoms with Crippen LogP contribution in [0.3, 0.4) is 0 Å². The Kier molecular flexibility index (Phi) is 6.56. The number of oxazole rings is 1. The topological polar surface area (TPSA) is 42.4 Å². The number of furan rings is 1. The number of anilines is 3. The van der Waals surface area contributed by atoms with Crippen LogP contribution in [0.1, 0.15) is 25.0 Å². The monoisotopic (exact) mass is 694 g/mol. The summed E-state index contributed by atoms with van der Waals surface area (Å²) in [5.41, 5.74) is 14.8. The van der Waals surface area contributed by atoms with Crippen LogP contribution >= 0.6 is 0 Å². The zero-order valence-corrected chi connectivity index (χ0v) is 29.9. The zero-order chi connectivity index (χ0) is 36.0. The number of nitrogens with zero attached hydrogens (tertiary/aromatic N) is 2. The third-order valence-corrected chi connectivity index (χ3v) is 11.3. The summed E-state index contributed by atoms with van der Waals surface area (Å²) in [4.78, 5) is 7.43. The predicted molar refractivity (Wildman–Crippen MR) is 222 cm³/mol. The van der Waals surface area contributed by atoms with Gasteiger partial charge in [-0.1, -0.05) is 129 Å². The fourth-order valence-electron chi connectivity index (χ4n) is 8.69. The van der Waals surface area contributed by atoms with Crippen LogP contribution in [0.2, 0.25) is 0 Å². The number of benzene rings is 8. The second-order valence-electron chi connectivity index (χ2n) is 14.7. The van der Waals surface area contributed by atoms with Gasteiger partial charge in [-0.3, -0.25) is 0 Å². The van der Waals surface area contributed by atoms with Gasteiger partial charge in [0.1, 0.15) is 16.7 Å². The standard InChI is InChI=1S/C50H34N2O2/c1-50(2)40-18-9-8-16-37(40)47-41(50)19-11-20-42(47)52(34-25-22-32(23-26-34)31-12-4-3-5-13-31)35-27-28-38-45(30-35)53-43-21-10-17-39(46(38)43)49-51-48-36-15-7-6-14-33(36)24-29-44(48)54-49/h3-30H,1-2H3. The fraction of sp³-hybridized carbons (Fsp3) is 0.0600. The van der Waals surface area contributed by atoms with Gasteiger partial charge >= 0.3 is 0 Å². The van der Waals surface area contributed by atoms with Crippen molar-refractivity contribution in [1.82, 2.24) is 4.98 Å². The minimum Gasteiger partial charge on any atom is -0.456 e. The molecule has 0 saturated carbocycles. The Labute approximate surface area is 312 Å². The maximum atomic E-state index is 6.68. The second-order valence-corrected chi connectivity index (χ2v) is 14.7. The SMILES string of the molecule is CC1(C)c2ccccc2-c2c(N(c3ccc(-c4ccccc4)cc3)c3ccc4c(c3)oc3cccc(-c5nc6c(ccc7ccccc76)o5)c34)cccc21. The maximum absolute atomic E-state index is 6.68. The Morgan fingerprint density at radius 3 is 2.11 bits per heavy atom. The van der Waals surface area contributed by atoms with E-state index in [4.69, 9.17) is 13.8 Å². The summed E-state index contributed by atoms with van der Waals surface area (Å²) in [5.74, 6) is 0.583. The van der Waals surface area contributed by atoms with Gasteiger partial charge in [-0.05, 0) is 81.7 Å². The quantitative estimate of drug-likeness (QED) is 0.180. The van der Waals surface area contributed by atoms with Crippen LogP contribution in [-0.2, 0) is 5.41 Å². The molecule has 0 aliphatic heterocycles. The van der Waals surface area contributed by atoms with Crippen LogP contribution in [0, 0.1) is 0 Å². The van der Waals surface area contributed by atoms with Crippen molar-refractivity contribution in [2.75, 3.05) is 4.90 Å². The summed E-state index contributed by atoms with van der Waals surface area (Å²) in [6.07, 6.45) is 0. The molecule has 0 atom stereocenters. The highest BCUT2D eigenvalue weighted by molar-refractivity contribution is 6.13. The van der Waals surface area contributed by atoms with Crippen LogP contribution in [-0.4, -0.2) is 4.98 Å². The minimum atomic E-state index is -0.124. The second kappa shape index (κ2) is 11.5. The van der Waals surface area contributed by atoms with Gasteiger partial charge < -0.3 is 13.7 Å². The lowest BCUT2D eigenvalue weighted by Crippen LogP contribution is -2.16. The van der Waals surface area contributed by atoms with Gasteiger partial charge in [0, 0.05) is 50.1 Å². The molecular formula is C50H34N2O2. The first-order valence-electron chi connectivity index (χ1n) is 18.5. The maximum Gasteiger partial charge on any atom is 0.228 e. The van der Waals surface area contributed by atoms with E-state index >= 15 is 0 Å². The molecule has 256 valence electrons. The summed E-state index contributed by atoms with van der Waals surface area (Å²) in [5, 5.41) is 4.22. The van der Waals surface area contributed by atoms with E-state index in [1.807, 2.05) is 30.3 Å². The number of aromatic nitrogens is 1. The van der Waals surface area contributed by atoms with Crippen molar-refractivity contribution in [1.29, 1.82) is 0 Å². The number of hydrogen-bond donors (Lipinski definition) is 0. The lowest BCUT2D eigenvalue weighted by molar-refractivity contribution is 0.620. The molecule has 0 unspecified atom stereocenters. The van der Waals surface area contributed by atoms with Gasteiger partial charge in [0.15, 0.2) is 5.58 Å². The highest BCUT2D eigenvalue weighted by Crippen LogP contribution is 2.54. The van der Waals surface area contributed by atoms with Crippen molar-refractivity contribution >= 4 is 60.9 Å². The largest absolute Gasteiger partial charge is 0.456 e. The molecule has 0 fully saturated rings. The van der Waals surface area contributed by atoms with Gasteiger partial charge in [-0.2, -0.15) is 0 Å². The molecule has 0 bridgehead atoms. The summed E-state index contributed by atoms with van der Waals surface area (Å²) < 4.78 is 13.1. The number of fused-ring (bicyclic) bond motifs is 9. The molecule has 0 amide bonds. The highest BCUT2D eigenvalue weighted by atomic mass is 16.3. The Morgan fingerprint density at radius 1 is 0.500 bits per heavy atom. The minimum absolute atomic E-state index is 0.124. The molecule has 4 heteroatoms. The van der Waals surface area contributed by atoms with Gasteiger partial charge in [0.2, 0.25) is 5.89 Å². The lowest BCUT2D eigenvalue weighted by atomic mass is 9.82. The summed E-state index contributed by atoms with van der Waals surface area (Å²) >= 11 is 0. The summed E-state index contributed by atoms with van der Waals surface area (Å²) in [6, 6.07) is 60.1. The Morgan fingerprint density at radius 2 is 1.22 bits per heavy atom. The first kappa shape index (κ1) is 30.7. The molecule has 2 aromatic heterocycles. The van der Waals surface area contributed by atoms with E-state index in [9.17, 15) is 0 Å². The number of hydrogen-bond acceptors (Lipinski definition) is 4. The third-order valence-electron chi connectivity index (χ3n) is 11.3. The van der Waals surface area contributed by atoms with Crippen LogP contribution in [0.15, 0.2) is 179 Å². The molecule has 11 rings (SSSR count). The zero-order valence-electron chi connectivity index (χ0n) is 29.9. The number of rotatable bonds is 5. The van der Waals surface area contributed by atoms with Crippen molar-refractivity contribution in [2.24, 2.45) is 0 Å². The molecular weight excluding hydrogens is 661 g/mol. The van der Waals surface area contributed by atoms with Crippen LogP contribution < -0.4 is 4.90 Å². The van der Waals surface area contributed by atoms with Crippen LogP contribution in [0.5, 0.6) is 0 Å². The molecule has 0 N–H and O–H groups in total. The average Bonchev–Trinajstić information content (AvgIpc) is 3.89. The van der Waals surface area contributed by atoms with E-state index in [0.717, 1.165) is 66.4 Å². The molecule has 10 aromatic rings. The normalized spacial score (nSPS) is 13.1. The molecule has 4 nitrogen and oxygen atoms in total. The van der Waals surface area contributed by atoms with Gasteiger partial charge in [-0.15, -0.1) is 0 Å². The lowest BCUT2D eigenvalue weighted by Gasteiger charge is -2.29. The first-order chi connectivity index (χ1) is 26.5. The van der Waals surface area contributed by atoms with E-state index < -0.39 is 0 Å². The molecule has 54 heavy (non-hydrogen) atoms. The van der Waals surface area contributed by atoms with E-state index in [1.165, 1.54) is 33.4 Å². The van der Waals surface area contributed by atoms with Crippen molar-refractivity contribution in [3.05, 3.63) is 181 Å². The first-order valence-corrected chi connectivity index (χ1v) is 18.5. The van der Waals surface area contributed by atoms with Crippen molar-refractivity contribution in [2.45, 2.75) is 19.3 Å². The summed E-state index contributed by atoms with van der Waals surface area (Å²) in [7, 11) is 0. The molecule has 0 spiro atoms. The molecule has 1 aliphatic rings. The molecule has 2 heterocycles. The molecule has 0 saturated heterocycles. The smallest absolute Gasteiger partial charge is 0.228 e. The third kappa shape index (κ3) is 4.53. The summed E-state index contributed by atoms with van der Waals surface area (Å²) in [6.45, 7) is 4.66. The highest BCUT2D eigenvalue weighted by Gasteiger charge is 2.37.